The lowest BCUT2D eigenvalue weighted by atomic mass is 10.1. The second-order valence-electron chi connectivity index (χ2n) is 9.19. The van der Waals surface area contributed by atoms with Gasteiger partial charge < -0.3 is 20.0 Å². The molecule has 0 saturated carbocycles. The van der Waals surface area contributed by atoms with Crippen molar-refractivity contribution in [3.8, 4) is 0 Å². The quantitative estimate of drug-likeness (QED) is 0.684. The smallest absolute Gasteiger partial charge is 0.251 e. The maximum atomic E-state index is 12.6. The molecule has 0 radical (unpaired) electrons. The van der Waals surface area contributed by atoms with Gasteiger partial charge in [0.15, 0.2) is 0 Å². The largest absolute Gasteiger partial charge is 0.369 e. The zero-order valence-corrected chi connectivity index (χ0v) is 20.8. The minimum atomic E-state index is -0.220. The molecule has 2 aliphatic rings. The topological polar surface area (TPSA) is 59.1 Å². The molecule has 0 aliphatic carbocycles. The first-order chi connectivity index (χ1) is 16.4. The third kappa shape index (κ3) is 6.02. The number of amides is 2. The fourth-order valence-corrected chi connectivity index (χ4v) is 4.76. The maximum Gasteiger partial charge on any atom is 0.251 e. The lowest BCUT2D eigenvalue weighted by Gasteiger charge is -2.38. The van der Waals surface area contributed by atoms with Gasteiger partial charge in [-0.2, -0.15) is 0 Å². The number of carbonyl (C=O) groups is 2. The summed E-state index contributed by atoms with van der Waals surface area (Å²) in [7, 11) is 0. The van der Waals surface area contributed by atoms with Crippen LogP contribution >= 0.6 is 11.6 Å². The summed E-state index contributed by atoms with van der Waals surface area (Å²) >= 11 is 6.09. The summed E-state index contributed by atoms with van der Waals surface area (Å²) in [6, 6.07) is 16.0. The molecular weight excluding hydrogens is 450 g/mol. The zero-order valence-electron chi connectivity index (χ0n) is 20.0. The molecule has 8 heteroatoms. The second kappa shape index (κ2) is 11.1. The van der Waals surface area contributed by atoms with Crippen molar-refractivity contribution >= 4 is 34.8 Å². The highest BCUT2D eigenvalue weighted by molar-refractivity contribution is 6.30. The predicted octanol–water partition coefficient (Wildman–Crippen LogP) is 2.95. The van der Waals surface area contributed by atoms with Crippen LogP contribution in [0.25, 0.3) is 0 Å². The lowest BCUT2D eigenvalue weighted by Crippen LogP contribution is -2.51. The minimum absolute atomic E-state index is 0.00884. The summed E-state index contributed by atoms with van der Waals surface area (Å²) in [5, 5.41) is 3.49. The minimum Gasteiger partial charge on any atom is -0.369 e. The van der Waals surface area contributed by atoms with E-state index < -0.39 is 0 Å². The van der Waals surface area contributed by atoms with Crippen LogP contribution in [0.3, 0.4) is 0 Å². The summed E-state index contributed by atoms with van der Waals surface area (Å²) in [5.41, 5.74) is 2.77. The van der Waals surface area contributed by atoms with Crippen molar-refractivity contribution in [1.82, 2.24) is 15.1 Å². The summed E-state index contributed by atoms with van der Waals surface area (Å²) in [6.45, 7) is 11.3. The van der Waals surface area contributed by atoms with Gasteiger partial charge in [-0.3, -0.25) is 14.5 Å². The SMILES string of the molecule is CC(C)N1CCN(c2ccc(C(=O)NCC(=O)N3CCN(c4cccc(Cl)c4)CC3)cc2)CC1. The van der Waals surface area contributed by atoms with Gasteiger partial charge in [0.1, 0.15) is 0 Å². The van der Waals surface area contributed by atoms with Gasteiger partial charge in [-0.1, -0.05) is 17.7 Å². The third-order valence-corrected chi connectivity index (χ3v) is 6.98. The molecule has 2 aliphatic heterocycles. The van der Waals surface area contributed by atoms with Gasteiger partial charge in [0.2, 0.25) is 5.91 Å². The first-order valence-electron chi connectivity index (χ1n) is 12.1. The van der Waals surface area contributed by atoms with Crippen LogP contribution in [-0.2, 0) is 4.79 Å². The number of nitrogens with one attached hydrogen (secondary N) is 1. The third-order valence-electron chi connectivity index (χ3n) is 6.75. The first-order valence-corrected chi connectivity index (χ1v) is 12.4. The highest BCUT2D eigenvalue weighted by Gasteiger charge is 2.22. The zero-order chi connectivity index (χ0) is 24.1. The average molecular weight is 484 g/mol. The highest BCUT2D eigenvalue weighted by atomic mass is 35.5. The fraction of sp³-hybridized carbons (Fsp3) is 0.462. The number of benzene rings is 2. The molecule has 2 fully saturated rings. The highest BCUT2D eigenvalue weighted by Crippen LogP contribution is 2.21. The van der Waals surface area contributed by atoms with Gasteiger partial charge in [-0.15, -0.1) is 0 Å². The molecule has 7 nitrogen and oxygen atoms in total. The number of carbonyl (C=O) groups excluding carboxylic acids is 2. The number of rotatable bonds is 6. The summed E-state index contributed by atoms with van der Waals surface area (Å²) in [4.78, 5) is 34.1. The molecule has 4 rings (SSSR count). The molecule has 2 heterocycles. The fourth-order valence-electron chi connectivity index (χ4n) is 4.58. The van der Waals surface area contributed by atoms with Gasteiger partial charge in [0.05, 0.1) is 6.54 Å². The van der Waals surface area contributed by atoms with E-state index in [1.54, 1.807) is 4.90 Å². The molecule has 0 atom stereocenters. The summed E-state index contributed by atoms with van der Waals surface area (Å²) in [5.74, 6) is -0.277. The van der Waals surface area contributed by atoms with Gasteiger partial charge in [-0.25, -0.2) is 0 Å². The Morgan fingerprint density at radius 3 is 2.09 bits per heavy atom. The molecule has 0 unspecified atom stereocenters. The van der Waals surface area contributed by atoms with Crippen LogP contribution in [0.4, 0.5) is 11.4 Å². The molecule has 0 spiro atoms. The van der Waals surface area contributed by atoms with Crippen molar-refractivity contribution < 1.29 is 9.59 Å². The van der Waals surface area contributed by atoms with Gasteiger partial charge >= 0.3 is 0 Å². The van der Waals surface area contributed by atoms with Crippen LogP contribution in [0, 0.1) is 0 Å². The van der Waals surface area contributed by atoms with E-state index in [9.17, 15) is 9.59 Å². The Hall–Kier alpha value is -2.77. The normalized spacial score (nSPS) is 17.2. The van der Waals surface area contributed by atoms with E-state index >= 15 is 0 Å². The van der Waals surface area contributed by atoms with Crippen LogP contribution in [0.1, 0.15) is 24.2 Å². The Morgan fingerprint density at radius 1 is 0.853 bits per heavy atom. The van der Waals surface area contributed by atoms with Gasteiger partial charge in [0.25, 0.3) is 5.91 Å². The summed E-state index contributed by atoms with van der Waals surface area (Å²) < 4.78 is 0. The van der Waals surface area contributed by atoms with Crippen LogP contribution < -0.4 is 15.1 Å². The van der Waals surface area contributed by atoms with E-state index in [4.69, 9.17) is 11.6 Å². The Bertz CT molecular complexity index is 981. The van der Waals surface area contributed by atoms with E-state index in [2.05, 4.69) is 33.9 Å². The summed E-state index contributed by atoms with van der Waals surface area (Å²) in [6.07, 6.45) is 0. The predicted molar refractivity (Wildman–Crippen MR) is 138 cm³/mol. The Balaban J connectivity index is 1.22. The molecule has 2 aromatic rings. The van der Waals surface area contributed by atoms with Crippen LogP contribution in [0.2, 0.25) is 5.02 Å². The van der Waals surface area contributed by atoms with Gasteiger partial charge in [0, 0.05) is 80.4 Å². The van der Waals surface area contributed by atoms with Crippen LogP contribution in [0.5, 0.6) is 0 Å². The Morgan fingerprint density at radius 2 is 1.47 bits per heavy atom. The van der Waals surface area contributed by atoms with Crippen molar-refractivity contribution in [1.29, 1.82) is 0 Å². The average Bonchev–Trinajstić information content (AvgIpc) is 2.87. The Kier molecular flexibility index (Phi) is 7.95. The number of nitrogens with zero attached hydrogens (tertiary/aromatic N) is 4. The monoisotopic (exact) mass is 483 g/mol. The molecule has 2 aromatic carbocycles. The maximum absolute atomic E-state index is 12.6. The standard InChI is InChI=1S/C26H34ClN5O2/c1-20(2)29-10-12-30(13-11-29)23-8-6-21(7-9-23)26(34)28-19-25(33)32-16-14-31(15-17-32)24-5-3-4-22(27)18-24/h3-9,18,20H,10-17,19H2,1-2H3,(H,28,34). The second-order valence-corrected chi connectivity index (χ2v) is 9.63. The van der Waals surface area contributed by atoms with Crippen molar-refractivity contribution in [2.45, 2.75) is 19.9 Å². The van der Waals surface area contributed by atoms with Crippen LogP contribution in [-0.4, -0.2) is 86.6 Å². The van der Waals surface area contributed by atoms with Gasteiger partial charge in [-0.05, 0) is 56.3 Å². The molecule has 2 saturated heterocycles. The van der Waals surface area contributed by atoms with E-state index in [0.717, 1.165) is 50.6 Å². The van der Waals surface area contributed by atoms with Crippen LogP contribution in [0.15, 0.2) is 48.5 Å². The van der Waals surface area contributed by atoms with E-state index in [0.29, 0.717) is 29.7 Å². The van der Waals surface area contributed by atoms with E-state index in [1.807, 2.05) is 48.5 Å². The van der Waals surface area contributed by atoms with Crippen molar-refractivity contribution in [3.05, 3.63) is 59.1 Å². The van der Waals surface area contributed by atoms with Crippen molar-refractivity contribution in [2.75, 3.05) is 68.7 Å². The van der Waals surface area contributed by atoms with E-state index in [-0.39, 0.29) is 18.4 Å². The molecule has 182 valence electrons. The lowest BCUT2D eigenvalue weighted by molar-refractivity contribution is -0.130. The number of piperazine rings is 2. The number of hydrogen-bond acceptors (Lipinski definition) is 5. The number of halogens is 1. The Labute approximate surface area is 207 Å². The molecule has 34 heavy (non-hydrogen) atoms. The number of hydrogen-bond donors (Lipinski definition) is 1. The molecule has 2 amide bonds. The molecule has 0 aromatic heterocycles. The van der Waals surface area contributed by atoms with Crippen molar-refractivity contribution in [2.24, 2.45) is 0 Å². The number of anilines is 2. The van der Waals surface area contributed by atoms with E-state index in [1.165, 1.54) is 0 Å². The molecular formula is C26H34ClN5O2. The first kappa shape index (κ1) is 24.4. The van der Waals surface area contributed by atoms with Crippen molar-refractivity contribution in [3.63, 3.8) is 0 Å². The molecule has 1 N–H and O–H groups in total. The molecule has 0 bridgehead atoms.